The molecule has 9 heteroatoms. The van der Waals surface area contributed by atoms with Gasteiger partial charge in [-0.15, -0.1) is 0 Å². The number of benzene rings is 1. The van der Waals surface area contributed by atoms with Crippen LogP contribution in [0.5, 0.6) is 0 Å². The van der Waals surface area contributed by atoms with E-state index in [4.69, 9.17) is 9.84 Å². The van der Waals surface area contributed by atoms with Crippen LogP contribution in [0.15, 0.2) is 12.1 Å². The number of carbonyl (C=O) groups is 3. The molecule has 1 aromatic carbocycles. The normalized spacial score (nSPS) is 19.6. The van der Waals surface area contributed by atoms with Crippen LogP contribution in [0.1, 0.15) is 51.5 Å². The Morgan fingerprint density at radius 1 is 1.14 bits per heavy atom. The molecule has 1 heterocycles. The Morgan fingerprint density at radius 3 is 2.32 bits per heavy atom. The van der Waals surface area contributed by atoms with Crippen LogP contribution in [0.3, 0.4) is 0 Å². The Hall–Kier alpha value is -2.58. The van der Waals surface area contributed by atoms with E-state index in [1.807, 2.05) is 0 Å². The van der Waals surface area contributed by atoms with Crippen molar-refractivity contribution in [3.05, 3.63) is 35.1 Å². The number of hydrogen-bond acceptors (Lipinski definition) is 4. The second-order valence-corrected chi connectivity index (χ2v) is 7.70. The van der Waals surface area contributed by atoms with Gasteiger partial charge in [-0.1, -0.05) is 0 Å². The minimum absolute atomic E-state index is 0.158. The molecule has 2 rings (SSSR count). The molecular formula is C19H22F3NO5. The first kappa shape index (κ1) is 21.7. The van der Waals surface area contributed by atoms with Crippen LogP contribution in [-0.4, -0.2) is 46.0 Å². The number of ether oxygens (including phenoxy) is 1. The molecule has 0 bridgehead atoms. The summed E-state index contributed by atoms with van der Waals surface area (Å²) in [5.41, 5.74) is -1.42. The number of halogens is 3. The van der Waals surface area contributed by atoms with E-state index in [9.17, 15) is 27.6 Å². The minimum atomic E-state index is -1.37. The minimum Gasteiger partial charge on any atom is -0.481 e. The Kier molecular flexibility index (Phi) is 6.36. The van der Waals surface area contributed by atoms with Crippen molar-refractivity contribution in [2.24, 2.45) is 0 Å². The van der Waals surface area contributed by atoms with Crippen molar-refractivity contribution >= 4 is 17.8 Å². The largest absolute Gasteiger partial charge is 0.481 e. The number of Topliss-reactive ketones (excluding diaryl/α,β-unsaturated/α-hetero) is 1. The van der Waals surface area contributed by atoms with Gasteiger partial charge in [-0.05, 0) is 39.3 Å². The molecule has 6 nitrogen and oxygen atoms in total. The summed E-state index contributed by atoms with van der Waals surface area (Å²) in [7, 11) is 0. The highest BCUT2D eigenvalue weighted by Gasteiger charge is 2.43. The number of hydrogen-bond donors (Lipinski definition) is 1. The van der Waals surface area contributed by atoms with Crippen molar-refractivity contribution < 1.29 is 37.4 Å². The van der Waals surface area contributed by atoms with Crippen molar-refractivity contribution in [1.82, 2.24) is 4.90 Å². The molecule has 0 aliphatic carbocycles. The first-order valence-corrected chi connectivity index (χ1v) is 8.78. The zero-order chi connectivity index (χ0) is 21.2. The molecule has 1 fully saturated rings. The molecule has 1 unspecified atom stereocenters. The van der Waals surface area contributed by atoms with E-state index >= 15 is 0 Å². The lowest BCUT2D eigenvalue weighted by Gasteiger charge is -2.28. The Morgan fingerprint density at radius 2 is 1.75 bits per heavy atom. The number of carboxylic acids is 1. The van der Waals surface area contributed by atoms with Crippen molar-refractivity contribution in [3.63, 3.8) is 0 Å². The summed E-state index contributed by atoms with van der Waals surface area (Å²) in [6, 6.07) is 0.330. The predicted molar refractivity (Wildman–Crippen MR) is 92.3 cm³/mol. The number of carboxylic acid groups (broad SMARTS) is 1. The molecule has 154 valence electrons. The Labute approximate surface area is 160 Å². The van der Waals surface area contributed by atoms with Gasteiger partial charge < -0.3 is 9.84 Å². The Balaban J connectivity index is 2.33. The average Bonchev–Trinajstić information content (AvgIpc) is 3.00. The van der Waals surface area contributed by atoms with Gasteiger partial charge in [0.05, 0.1) is 12.5 Å². The fraction of sp³-hybridized carbons (Fsp3) is 0.526. The van der Waals surface area contributed by atoms with E-state index in [1.165, 1.54) is 0 Å². The highest BCUT2D eigenvalue weighted by molar-refractivity contribution is 5.90. The smallest absolute Gasteiger partial charge is 0.410 e. The third-order valence-corrected chi connectivity index (χ3v) is 4.37. The predicted octanol–water partition coefficient (Wildman–Crippen LogP) is 3.63. The summed E-state index contributed by atoms with van der Waals surface area (Å²) in [6.07, 6.45) is -1.80. The number of aliphatic carboxylic acids is 1. The zero-order valence-corrected chi connectivity index (χ0v) is 15.8. The van der Waals surface area contributed by atoms with E-state index < -0.39 is 64.8 Å². The third kappa shape index (κ3) is 5.02. The highest BCUT2D eigenvalue weighted by Crippen LogP contribution is 2.37. The van der Waals surface area contributed by atoms with Crippen molar-refractivity contribution in [3.8, 4) is 0 Å². The third-order valence-electron chi connectivity index (χ3n) is 4.37. The lowest BCUT2D eigenvalue weighted by atomic mass is 9.93. The highest BCUT2D eigenvalue weighted by atomic mass is 19.2. The number of amides is 1. The van der Waals surface area contributed by atoms with Gasteiger partial charge in [-0.2, -0.15) is 0 Å². The summed E-state index contributed by atoms with van der Waals surface area (Å²) in [6.45, 7) is 4.60. The number of ketones is 1. The fourth-order valence-electron chi connectivity index (χ4n) is 3.19. The fourth-order valence-corrected chi connectivity index (χ4v) is 3.19. The van der Waals surface area contributed by atoms with Crippen LogP contribution < -0.4 is 0 Å². The SMILES string of the molecule is CC(C)(C)OC(=O)N1C[C@@H](c2c(F)ccc(F)c2F)CC1C(=O)CCC(=O)O. The van der Waals surface area contributed by atoms with Crippen LogP contribution in [0.4, 0.5) is 18.0 Å². The van der Waals surface area contributed by atoms with E-state index in [0.717, 1.165) is 11.0 Å². The van der Waals surface area contributed by atoms with E-state index in [2.05, 4.69) is 0 Å². The van der Waals surface area contributed by atoms with Gasteiger partial charge in [0, 0.05) is 24.4 Å². The first-order chi connectivity index (χ1) is 12.9. The van der Waals surface area contributed by atoms with Crippen LogP contribution in [0.25, 0.3) is 0 Å². The van der Waals surface area contributed by atoms with Gasteiger partial charge in [0.1, 0.15) is 11.4 Å². The van der Waals surface area contributed by atoms with Crippen LogP contribution >= 0.6 is 0 Å². The van der Waals surface area contributed by atoms with Gasteiger partial charge in [-0.25, -0.2) is 18.0 Å². The molecule has 1 aliphatic heterocycles. The number of carbonyl (C=O) groups excluding carboxylic acids is 2. The molecular weight excluding hydrogens is 379 g/mol. The maximum atomic E-state index is 14.2. The van der Waals surface area contributed by atoms with Gasteiger partial charge in [0.25, 0.3) is 0 Å². The van der Waals surface area contributed by atoms with Gasteiger partial charge in [0.2, 0.25) is 0 Å². The van der Waals surface area contributed by atoms with Gasteiger partial charge >= 0.3 is 12.1 Å². The molecule has 0 saturated carbocycles. The molecule has 1 saturated heterocycles. The molecule has 28 heavy (non-hydrogen) atoms. The summed E-state index contributed by atoms with van der Waals surface area (Å²) in [5.74, 6) is -6.30. The number of rotatable bonds is 5. The molecule has 1 aromatic rings. The van der Waals surface area contributed by atoms with E-state index in [-0.39, 0.29) is 19.4 Å². The van der Waals surface area contributed by atoms with Gasteiger partial charge in [-0.3, -0.25) is 14.5 Å². The van der Waals surface area contributed by atoms with E-state index in [1.54, 1.807) is 20.8 Å². The molecule has 1 N–H and O–H groups in total. The van der Waals surface area contributed by atoms with Crippen LogP contribution in [0.2, 0.25) is 0 Å². The topological polar surface area (TPSA) is 83.9 Å². The molecule has 0 spiro atoms. The second-order valence-electron chi connectivity index (χ2n) is 7.70. The van der Waals surface area contributed by atoms with E-state index in [0.29, 0.717) is 6.07 Å². The first-order valence-electron chi connectivity index (χ1n) is 8.78. The van der Waals surface area contributed by atoms with Crippen molar-refractivity contribution in [2.75, 3.05) is 6.54 Å². The average molecular weight is 401 g/mol. The maximum Gasteiger partial charge on any atom is 0.410 e. The molecule has 1 amide bonds. The molecule has 0 radical (unpaired) electrons. The quantitative estimate of drug-likeness (QED) is 0.762. The Bertz CT molecular complexity index is 791. The molecule has 0 aromatic heterocycles. The lowest BCUT2D eigenvalue weighted by Crippen LogP contribution is -2.43. The summed E-state index contributed by atoms with van der Waals surface area (Å²) in [4.78, 5) is 36.7. The summed E-state index contributed by atoms with van der Waals surface area (Å²) in [5, 5.41) is 8.77. The zero-order valence-electron chi connectivity index (χ0n) is 15.8. The summed E-state index contributed by atoms with van der Waals surface area (Å²) < 4.78 is 47.2. The number of likely N-dealkylation sites (tertiary alicyclic amines) is 1. The van der Waals surface area contributed by atoms with Gasteiger partial charge in [0.15, 0.2) is 17.4 Å². The monoisotopic (exact) mass is 401 g/mol. The molecule has 2 atom stereocenters. The molecule has 1 aliphatic rings. The van der Waals surface area contributed by atoms with Crippen molar-refractivity contribution in [1.29, 1.82) is 0 Å². The van der Waals surface area contributed by atoms with Crippen LogP contribution in [0, 0.1) is 17.5 Å². The van der Waals surface area contributed by atoms with Crippen molar-refractivity contribution in [2.45, 2.75) is 57.6 Å². The second kappa shape index (κ2) is 8.20. The van der Waals surface area contributed by atoms with Crippen LogP contribution in [-0.2, 0) is 14.3 Å². The standard InChI is InChI=1S/C19H22F3NO5/c1-19(2,3)28-18(27)23-9-10(8-13(23)14(24)6-7-15(25)26)16-11(20)4-5-12(21)17(16)22/h4-5,10,13H,6-9H2,1-3H3,(H,25,26)/t10-,13?/m0/s1. The summed E-state index contributed by atoms with van der Waals surface area (Å²) >= 11 is 0. The maximum absolute atomic E-state index is 14.2. The number of nitrogens with zero attached hydrogens (tertiary/aromatic N) is 1. The lowest BCUT2D eigenvalue weighted by molar-refractivity contribution is -0.139.